The molecule has 1 atom stereocenters. The number of hydrogen-bond acceptors (Lipinski definition) is 3. The number of hydrogen-bond donors (Lipinski definition) is 0. The van der Waals surface area contributed by atoms with Crippen LogP contribution in [-0.2, 0) is 11.3 Å². The molecule has 0 N–H and O–H groups in total. The molecule has 2 rings (SSSR count). The Balaban J connectivity index is 1.95. The number of rotatable bonds is 3. The quantitative estimate of drug-likeness (QED) is 0.736. The lowest BCUT2D eigenvalue weighted by atomic mass is 10.2. The number of aromatic nitrogens is 2. The molecule has 2 heterocycles. The van der Waals surface area contributed by atoms with Crippen molar-refractivity contribution in [1.82, 2.24) is 9.55 Å². The summed E-state index contributed by atoms with van der Waals surface area (Å²) < 4.78 is 7.04. The van der Waals surface area contributed by atoms with Gasteiger partial charge in [-0.2, -0.15) is 0 Å². The molecule has 0 aromatic carbocycles. The van der Waals surface area contributed by atoms with E-state index < -0.39 is 0 Å². The summed E-state index contributed by atoms with van der Waals surface area (Å²) in [5.74, 6) is 0. The van der Waals surface area contributed by atoms with Gasteiger partial charge in [0.05, 0.1) is 12.4 Å². The average Bonchev–Trinajstić information content (AvgIpc) is 2.69. The highest BCUT2D eigenvalue weighted by Gasteiger charge is 2.15. The molecule has 0 amide bonds. The second-order valence-corrected chi connectivity index (χ2v) is 4.05. The maximum absolute atomic E-state index is 11.4. The van der Waals surface area contributed by atoms with Gasteiger partial charge in [0.1, 0.15) is 5.15 Å². The van der Waals surface area contributed by atoms with E-state index >= 15 is 0 Å². The minimum atomic E-state index is -0.104. The van der Waals surface area contributed by atoms with Crippen LogP contribution in [0.25, 0.3) is 0 Å². The normalized spacial score (nSPS) is 20.7. The highest BCUT2D eigenvalue weighted by molar-refractivity contribution is 6.29. The zero-order valence-corrected chi connectivity index (χ0v) is 9.11. The summed E-state index contributed by atoms with van der Waals surface area (Å²) in [6.45, 7) is 1.49. The van der Waals surface area contributed by atoms with E-state index in [0.717, 1.165) is 25.9 Å². The molecule has 0 aliphatic carbocycles. The first-order chi connectivity index (χ1) is 7.25. The maximum Gasteiger partial charge on any atom is 0.254 e. The van der Waals surface area contributed by atoms with E-state index in [1.54, 1.807) is 4.57 Å². The standard InChI is InChI=1S/C10H13ClN2O2/c11-9-6-10(14)13(7-12-9)4-3-8-2-1-5-15-8/h6-8H,1-5H2. The number of halogens is 1. The van der Waals surface area contributed by atoms with Gasteiger partial charge < -0.3 is 4.74 Å². The fourth-order valence-electron chi connectivity index (χ4n) is 1.73. The zero-order chi connectivity index (χ0) is 10.7. The summed E-state index contributed by atoms with van der Waals surface area (Å²) >= 11 is 5.60. The monoisotopic (exact) mass is 228 g/mol. The molecule has 0 bridgehead atoms. The van der Waals surface area contributed by atoms with Crippen molar-refractivity contribution in [2.24, 2.45) is 0 Å². The summed E-state index contributed by atoms with van der Waals surface area (Å²) in [6, 6.07) is 1.33. The van der Waals surface area contributed by atoms with Gasteiger partial charge in [-0.15, -0.1) is 0 Å². The van der Waals surface area contributed by atoms with Crippen molar-refractivity contribution in [1.29, 1.82) is 0 Å². The molecular formula is C10H13ClN2O2. The van der Waals surface area contributed by atoms with Gasteiger partial charge in [-0.1, -0.05) is 11.6 Å². The third kappa shape index (κ3) is 2.79. The molecule has 4 nitrogen and oxygen atoms in total. The molecule has 1 aromatic rings. The summed E-state index contributed by atoms with van der Waals surface area (Å²) in [5.41, 5.74) is -0.104. The van der Waals surface area contributed by atoms with Crippen molar-refractivity contribution < 1.29 is 4.74 Å². The van der Waals surface area contributed by atoms with E-state index in [9.17, 15) is 4.79 Å². The lowest BCUT2D eigenvalue weighted by Gasteiger charge is -2.09. The van der Waals surface area contributed by atoms with Gasteiger partial charge >= 0.3 is 0 Å². The third-order valence-electron chi connectivity index (χ3n) is 2.56. The van der Waals surface area contributed by atoms with Crippen LogP contribution in [0.4, 0.5) is 0 Å². The minimum Gasteiger partial charge on any atom is -0.378 e. The van der Waals surface area contributed by atoms with E-state index in [4.69, 9.17) is 16.3 Å². The van der Waals surface area contributed by atoms with E-state index in [1.165, 1.54) is 12.4 Å². The Kier molecular flexibility index (Phi) is 3.38. The summed E-state index contributed by atoms with van der Waals surface area (Å²) in [7, 11) is 0. The Morgan fingerprint density at radius 2 is 2.53 bits per heavy atom. The molecule has 0 radical (unpaired) electrons. The first-order valence-electron chi connectivity index (χ1n) is 5.09. The molecule has 0 spiro atoms. The molecular weight excluding hydrogens is 216 g/mol. The Morgan fingerprint density at radius 1 is 1.67 bits per heavy atom. The Labute approximate surface area is 92.8 Å². The summed E-state index contributed by atoms with van der Waals surface area (Å²) in [4.78, 5) is 15.3. The number of ether oxygens (including phenoxy) is 1. The van der Waals surface area contributed by atoms with Crippen LogP contribution in [0.2, 0.25) is 5.15 Å². The van der Waals surface area contributed by atoms with Crippen LogP contribution in [-0.4, -0.2) is 22.3 Å². The van der Waals surface area contributed by atoms with Crippen LogP contribution >= 0.6 is 11.6 Å². The van der Waals surface area contributed by atoms with Crippen molar-refractivity contribution in [3.05, 3.63) is 27.9 Å². The van der Waals surface area contributed by atoms with Crippen LogP contribution < -0.4 is 5.56 Å². The largest absolute Gasteiger partial charge is 0.378 e. The highest BCUT2D eigenvalue weighted by Crippen LogP contribution is 2.15. The van der Waals surface area contributed by atoms with Gasteiger partial charge in [-0.05, 0) is 19.3 Å². The van der Waals surface area contributed by atoms with Crippen LogP contribution in [0.3, 0.4) is 0 Å². The van der Waals surface area contributed by atoms with Crippen LogP contribution in [0.5, 0.6) is 0 Å². The van der Waals surface area contributed by atoms with Crippen molar-refractivity contribution in [3.63, 3.8) is 0 Å². The second kappa shape index (κ2) is 4.77. The maximum atomic E-state index is 11.4. The molecule has 15 heavy (non-hydrogen) atoms. The Bertz CT molecular complexity index is 385. The topological polar surface area (TPSA) is 44.1 Å². The molecule has 1 aromatic heterocycles. The van der Waals surface area contributed by atoms with Gasteiger partial charge in [-0.25, -0.2) is 4.98 Å². The van der Waals surface area contributed by atoms with Crippen LogP contribution in [0.15, 0.2) is 17.2 Å². The summed E-state index contributed by atoms with van der Waals surface area (Å²) in [6.07, 6.45) is 4.87. The molecule has 1 fully saturated rings. The van der Waals surface area contributed by atoms with E-state index in [0.29, 0.717) is 12.6 Å². The Hall–Kier alpha value is -0.870. The van der Waals surface area contributed by atoms with Gasteiger partial charge in [0.25, 0.3) is 5.56 Å². The average molecular weight is 229 g/mol. The van der Waals surface area contributed by atoms with Gasteiger partial charge in [0, 0.05) is 19.2 Å². The van der Waals surface area contributed by atoms with Crippen molar-refractivity contribution in [3.8, 4) is 0 Å². The third-order valence-corrected chi connectivity index (χ3v) is 2.77. The molecule has 82 valence electrons. The molecule has 1 aliphatic rings. The molecule has 1 aliphatic heterocycles. The fourth-order valence-corrected chi connectivity index (χ4v) is 1.86. The van der Waals surface area contributed by atoms with Gasteiger partial charge in [-0.3, -0.25) is 9.36 Å². The van der Waals surface area contributed by atoms with Crippen LogP contribution in [0.1, 0.15) is 19.3 Å². The molecule has 1 saturated heterocycles. The van der Waals surface area contributed by atoms with E-state index in [2.05, 4.69) is 4.98 Å². The number of nitrogens with zero attached hydrogens (tertiary/aromatic N) is 2. The zero-order valence-electron chi connectivity index (χ0n) is 8.36. The molecule has 1 unspecified atom stereocenters. The number of aryl methyl sites for hydroxylation is 1. The first-order valence-corrected chi connectivity index (χ1v) is 5.47. The van der Waals surface area contributed by atoms with E-state index in [-0.39, 0.29) is 10.7 Å². The predicted molar refractivity (Wildman–Crippen MR) is 57.1 cm³/mol. The molecule has 0 saturated carbocycles. The fraction of sp³-hybridized carbons (Fsp3) is 0.600. The van der Waals surface area contributed by atoms with Crippen molar-refractivity contribution >= 4 is 11.6 Å². The smallest absolute Gasteiger partial charge is 0.254 e. The van der Waals surface area contributed by atoms with Gasteiger partial charge in [0.15, 0.2) is 0 Å². The second-order valence-electron chi connectivity index (χ2n) is 3.67. The highest BCUT2D eigenvalue weighted by atomic mass is 35.5. The van der Waals surface area contributed by atoms with Crippen LogP contribution in [0, 0.1) is 0 Å². The Morgan fingerprint density at radius 3 is 3.20 bits per heavy atom. The van der Waals surface area contributed by atoms with Crippen molar-refractivity contribution in [2.45, 2.75) is 31.9 Å². The summed E-state index contributed by atoms with van der Waals surface area (Å²) in [5, 5.41) is 0.244. The first kappa shape index (κ1) is 10.6. The van der Waals surface area contributed by atoms with E-state index in [1.807, 2.05) is 0 Å². The predicted octanol–water partition coefficient (Wildman–Crippen LogP) is 1.47. The minimum absolute atomic E-state index is 0.104. The van der Waals surface area contributed by atoms with Gasteiger partial charge in [0.2, 0.25) is 0 Å². The lowest BCUT2D eigenvalue weighted by molar-refractivity contribution is 0.100. The SMILES string of the molecule is O=c1cc(Cl)ncn1CCC1CCCO1. The van der Waals surface area contributed by atoms with Crippen molar-refractivity contribution in [2.75, 3.05) is 6.61 Å². The molecule has 5 heteroatoms. The lowest BCUT2D eigenvalue weighted by Crippen LogP contribution is -2.21.